The Morgan fingerprint density at radius 2 is 1.26 bits per heavy atom. The molecule has 196 valence electrons. The molecule has 0 radical (unpaired) electrons. The first-order valence-electron chi connectivity index (χ1n) is 11.1. The molecule has 0 aliphatic carbocycles. The van der Waals surface area contributed by atoms with Crippen LogP contribution in [0.25, 0.3) is 0 Å². The van der Waals surface area contributed by atoms with E-state index in [9.17, 15) is 35.1 Å². The number of carbonyl (C=O) groups is 1. The first kappa shape index (κ1) is 26.2. The van der Waals surface area contributed by atoms with E-state index in [2.05, 4.69) is 0 Å². The fourth-order valence-electron chi connectivity index (χ4n) is 3.34. The molecular formula is C26H17N3O10. The zero-order valence-electron chi connectivity index (χ0n) is 19.8. The van der Waals surface area contributed by atoms with E-state index in [0.29, 0.717) is 17.1 Å². The van der Waals surface area contributed by atoms with E-state index in [-0.39, 0.29) is 29.4 Å². The molecule has 0 atom stereocenters. The van der Waals surface area contributed by atoms with E-state index < -0.39 is 32.1 Å². The zero-order chi connectivity index (χ0) is 27.9. The summed E-state index contributed by atoms with van der Waals surface area (Å²) in [5.41, 5.74) is -0.259. The number of hydrogen-bond acceptors (Lipinski definition) is 10. The number of ether oxygens (including phenoxy) is 3. The summed E-state index contributed by atoms with van der Waals surface area (Å²) < 4.78 is 16.5. The van der Waals surface area contributed by atoms with Crippen LogP contribution >= 0.6 is 0 Å². The number of nitro benzene ring substituents is 3. The Balaban J connectivity index is 1.36. The quantitative estimate of drug-likeness (QED) is 0.127. The molecule has 0 saturated carbocycles. The van der Waals surface area contributed by atoms with Crippen molar-refractivity contribution in [2.24, 2.45) is 0 Å². The molecule has 0 N–H and O–H groups in total. The maximum atomic E-state index is 12.5. The average molecular weight is 531 g/mol. The summed E-state index contributed by atoms with van der Waals surface area (Å²) in [6.07, 6.45) is 0. The van der Waals surface area contributed by atoms with Gasteiger partial charge in [-0.1, -0.05) is 12.1 Å². The van der Waals surface area contributed by atoms with Gasteiger partial charge in [-0.05, 0) is 60.2 Å². The highest BCUT2D eigenvalue weighted by atomic mass is 16.6. The molecule has 0 aliphatic heterocycles. The number of nitrogens with zero attached hydrogens (tertiary/aromatic N) is 3. The van der Waals surface area contributed by atoms with Gasteiger partial charge in [-0.25, -0.2) is 4.79 Å². The summed E-state index contributed by atoms with van der Waals surface area (Å²) in [6.45, 7) is -0.0659. The van der Waals surface area contributed by atoms with Crippen molar-refractivity contribution in [3.63, 3.8) is 0 Å². The van der Waals surface area contributed by atoms with E-state index in [0.717, 1.165) is 18.2 Å². The highest BCUT2D eigenvalue weighted by Crippen LogP contribution is 2.34. The predicted octanol–water partition coefficient (Wildman–Crippen LogP) is 6.35. The smallest absolute Gasteiger partial charge is 0.338 e. The average Bonchev–Trinajstić information content (AvgIpc) is 2.92. The SMILES string of the molecule is O=C(OCc1cccc(Oc2ccc([N+](=O)[O-])cc2)c1)c1ccc(Oc2ccc([N+](=O)[O-])cc2[N+](=O)[O-])cc1. The van der Waals surface area contributed by atoms with Crippen LogP contribution in [0.3, 0.4) is 0 Å². The van der Waals surface area contributed by atoms with Gasteiger partial charge < -0.3 is 14.2 Å². The Bertz CT molecular complexity index is 1550. The molecule has 0 saturated heterocycles. The van der Waals surface area contributed by atoms with Gasteiger partial charge in [0.25, 0.3) is 11.4 Å². The van der Waals surface area contributed by atoms with Gasteiger partial charge in [0.2, 0.25) is 5.75 Å². The molecule has 4 rings (SSSR count). The van der Waals surface area contributed by atoms with Crippen molar-refractivity contribution in [3.05, 3.63) is 132 Å². The van der Waals surface area contributed by atoms with Crippen LogP contribution in [0.5, 0.6) is 23.0 Å². The molecule has 13 nitrogen and oxygen atoms in total. The Morgan fingerprint density at radius 3 is 1.90 bits per heavy atom. The summed E-state index contributed by atoms with van der Waals surface area (Å²) in [5, 5.41) is 32.9. The van der Waals surface area contributed by atoms with Gasteiger partial charge in [-0.2, -0.15) is 0 Å². The van der Waals surface area contributed by atoms with Gasteiger partial charge in [0.1, 0.15) is 23.9 Å². The maximum absolute atomic E-state index is 12.5. The summed E-state index contributed by atoms with van der Waals surface area (Å²) in [5.74, 6) is 0.177. The van der Waals surface area contributed by atoms with E-state index >= 15 is 0 Å². The zero-order valence-corrected chi connectivity index (χ0v) is 19.8. The molecule has 0 bridgehead atoms. The number of esters is 1. The summed E-state index contributed by atoms with van der Waals surface area (Å²) in [6, 6.07) is 21.0. The lowest BCUT2D eigenvalue weighted by Crippen LogP contribution is -2.05. The minimum Gasteiger partial charge on any atom is -0.457 e. The fourth-order valence-corrected chi connectivity index (χ4v) is 3.34. The lowest BCUT2D eigenvalue weighted by Gasteiger charge is -2.09. The predicted molar refractivity (Wildman–Crippen MR) is 135 cm³/mol. The second-order valence-electron chi connectivity index (χ2n) is 7.87. The van der Waals surface area contributed by atoms with Crippen molar-refractivity contribution < 1.29 is 33.8 Å². The topological polar surface area (TPSA) is 174 Å². The third-order valence-electron chi connectivity index (χ3n) is 5.22. The van der Waals surface area contributed by atoms with Gasteiger partial charge in [-0.15, -0.1) is 0 Å². The molecule has 39 heavy (non-hydrogen) atoms. The highest BCUT2D eigenvalue weighted by Gasteiger charge is 2.21. The largest absolute Gasteiger partial charge is 0.457 e. The van der Waals surface area contributed by atoms with Crippen molar-refractivity contribution in [2.45, 2.75) is 6.61 Å². The summed E-state index contributed by atoms with van der Waals surface area (Å²) in [4.78, 5) is 43.4. The van der Waals surface area contributed by atoms with Gasteiger partial charge in [0.15, 0.2) is 0 Å². The molecule has 0 amide bonds. The Labute approximate surface area is 219 Å². The first-order chi connectivity index (χ1) is 18.7. The molecule has 0 spiro atoms. The van der Waals surface area contributed by atoms with Gasteiger partial charge in [0, 0.05) is 18.2 Å². The van der Waals surface area contributed by atoms with E-state index in [4.69, 9.17) is 14.2 Å². The molecule has 0 aliphatic rings. The van der Waals surface area contributed by atoms with Crippen molar-refractivity contribution in [2.75, 3.05) is 0 Å². The Morgan fingerprint density at radius 1 is 0.641 bits per heavy atom. The minimum absolute atomic E-state index is 0.0599. The molecule has 4 aromatic rings. The van der Waals surface area contributed by atoms with Crippen molar-refractivity contribution >= 4 is 23.0 Å². The van der Waals surface area contributed by atoms with Gasteiger partial charge in [0.05, 0.1) is 26.4 Å². The molecule has 0 unspecified atom stereocenters. The molecule has 4 aromatic carbocycles. The number of hydrogen-bond donors (Lipinski definition) is 0. The van der Waals surface area contributed by atoms with Crippen LogP contribution in [0.1, 0.15) is 15.9 Å². The van der Waals surface area contributed by atoms with Crippen LogP contribution in [-0.4, -0.2) is 20.7 Å². The number of nitro groups is 3. The normalized spacial score (nSPS) is 10.4. The Hall–Kier alpha value is -5.85. The number of carbonyl (C=O) groups excluding carboxylic acids is 1. The standard InChI is InChI=1S/C26H17N3O10/c30-26(37-16-17-2-1-3-23(14-17)38-21-11-6-19(7-12-21)27(31)32)18-4-9-22(10-5-18)39-25-13-8-20(28(33)34)15-24(25)29(35)36/h1-15H,16H2. The lowest BCUT2D eigenvalue weighted by molar-refractivity contribution is -0.394. The minimum atomic E-state index is -0.792. The maximum Gasteiger partial charge on any atom is 0.338 e. The van der Waals surface area contributed by atoms with Gasteiger partial charge >= 0.3 is 11.7 Å². The van der Waals surface area contributed by atoms with Crippen LogP contribution in [0.4, 0.5) is 17.1 Å². The van der Waals surface area contributed by atoms with E-state index in [1.54, 1.807) is 24.3 Å². The third-order valence-corrected chi connectivity index (χ3v) is 5.22. The second-order valence-corrected chi connectivity index (χ2v) is 7.87. The monoisotopic (exact) mass is 531 g/mol. The summed E-state index contributed by atoms with van der Waals surface area (Å²) in [7, 11) is 0. The van der Waals surface area contributed by atoms with Crippen LogP contribution in [0, 0.1) is 30.3 Å². The number of benzene rings is 4. The highest BCUT2D eigenvalue weighted by molar-refractivity contribution is 5.89. The van der Waals surface area contributed by atoms with Crippen LogP contribution in [0.15, 0.2) is 91.0 Å². The van der Waals surface area contributed by atoms with Crippen LogP contribution in [0.2, 0.25) is 0 Å². The first-order valence-corrected chi connectivity index (χ1v) is 11.1. The van der Waals surface area contributed by atoms with Gasteiger partial charge in [-0.3, -0.25) is 30.3 Å². The van der Waals surface area contributed by atoms with Crippen molar-refractivity contribution in [3.8, 4) is 23.0 Å². The van der Waals surface area contributed by atoms with Crippen molar-refractivity contribution in [1.82, 2.24) is 0 Å². The Kier molecular flexibility index (Phi) is 7.71. The molecule has 0 fully saturated rings. The second kappa shape index (κ2) is 11.5. The fraction of sp³-hybridized carbons (Fsp3) is 0.0385. The molecule has 0 heterocycles. The van der Waals surface area contributed by atoms with E-state index in [1.807, 2.05) is 0 Å². The van der Waals surface area contributed by atoms with Crippen LogP contribution in [-0.2, 0) is 11.3 Å². The van der Waals surface area contributed by atoms with Crippen molar-refractivity contribution in [1.29, 1.82) is 0 Å². The van der Waals surface area contributed by atoms with E-state index in [1.165, 1.54) is 48.5 Å². The summed E-state index contributed by atoms with van der Waals surface area (Å²) >= 11 is 0. The van der Waals surface area contributed by atoms with Crippen LogP contribution < -0.4 is 9.47 Å². The molecular weight excluding hydrogens is 514 g/mol. The number of non-ortho nitro benzene ring substituents is 2. The molecule has 13 heteroatoms. The third kappa shape index (κ3) is 6.68. The number of rotatable bonds is 10. The lowest BCUT2D eigenvalue weighted by atomic mass is 10.2. The molecule has 0 aromatic heterocycles.